The van der Waals surface area contributed by atoms with Crippen LogP contribution in [0.2, 0.25) is 0 Å². The van der Waals surface area contributed by atoms with Crippen LogP contribution in [0.5, 0.6) is 0 Å². The Balaban J connectivity index is 1.67. The Morgan fingerprint density at radius 3 is 2.33 bits per heavy atom. The summed E-state index contributed by atoms with van der Waals surface area (Å²) in [5, 5.41) is 12.6. The molecule has 0 radical (unpaired) electrons. The standard InChI is InChI=1S/C26H38N2O5/c1-3-33-26(32)23(14-13-19-9-5-4-6-10-19)27-18(2)25(31)28(17-24(29)30)22-15-20-11-7-8-12-21(20)16-22/h4-6,9-10,18,20-23,27H,3,7-8,11-17H2,1-2H3,(H,29,30)/t18-,20-,21+,22?,23?/m0/s1. The lowest BCUT2D eigenvalue weighted by Crippen LogP contribution is -2.54. The van der Waals surface area contributed by atoms with E-state index in [1.807, 2.05) is 30.3 Å². The number of carbonyl (C=O) groups is 3. The van der Waals surface area contributed by atoms with E-state index in [4.69, 9.17) is 4.74 Å². The molecule has 2 saturated carbocycles. The van der Waals surface area contributed by atoms with E-state index in [1.54, 1.807) is 13.8 Å². The first-order valence-electron chi connectivity index (χ1n) is 12.4. The molecule has 0 aromatic heterocycles. The zero-order valence-corrected chi connectivity index (χ0v) is 19.9. The molecule has 1 aromatic rings. The van der Waals surface area contributed by atoms with Crippen LogP contribution in [0.1, 0.15) is 64.4 Å². The van der Waals surface area contributed by atoms with Gasteiger partial charge in [0.2, 0.25) is 5.91 Å². The minimum absolute atomic E-state index is 0.0451. The third kappa shape index (κ3) is 7.03. The lowest BCUT2D eigenvalue weighted by Gasteiger charge is -2.32. The van der Waals surface area contributed by atoms with Gasteiger partial charge in [-0.3, -0.25) is 19.7 Å². The molecule has 0 heterocycles. The highest BCUT2D eigenvalue weighted by molar-refractivity contribution is 5.86. The minimum Gasteiger partial charge on any atom is -0.480 e. The molecular formula is C26H38N2O5. The maximum atomic E-state index is 13.4. The molecule has 0 bridgehead atoms. The smallest absolute Gasteiger partial charge is 0.323 e. The second-order valence-corrected chi connectivity index (χ2v) is 9.51. The van der Waals surface area contributed by atoms with Gasteiger partial charge in [0, 0.05) is 6.04 Å². The number of aliphatic carboxylic acids is 1. The molecule has 2 aliphatic rings. The minimum atomic E-state index is -1.00. The van der Waals surface area contributed by atoms with Gasteiger partial charge in [-0.25, -0.2) is 0 Å². The maximum absolute atomic E-state index is 13.4. The first-order valence-corrected chi connectivity index (χ1v) is 12.4. The van der Waals surface area contributed by atoms with Gasteiger partial charge in [0.25, 0.3) is 0 Å². The molecule has 2 N–H and O–H groups in total. The van der Waals surface area contributed by atoms with Crippen molar-refractivity contribution in [3.05, 3.63) is 35.9 Å². The third-order valence-corrected chi connectivity index (χ3v) is 7.20. The highest BCUT2D eigenvalue weighted by Crippen LogP contribution is 2.44. The van der Waals surface area contributed by atoms with Crippen molar-refractivity contribution in [2.75, 3.05) is 13.2 Å². The fourth-order valence-electron chi connectivity index (χ4n) is 5.58. The molecule has 182 valence electrons. The van der Waals surface area contributed by atoms with Crippen molar-refractivity contribution in [1.29, 1.82) is 0 Å². The summed E-state index contributed by atoms with van der Waals surface area (Å²) >= 11 is 0. The molecule has 7 nitrogen and oxygen atoms in total. The predicted molar refractivity (Wildman–Crippen MR) is 126 cm³/mol. The van der Waals surface area contributed by atoms with Crippen molar-refractivity contribution in [3.8, 4) is 0 Å². The molecule has 7 heteroatoms. The average Bonchev–Trinajstić information content (AvgIpc) is 3.24. The second-order valence-electron chi connectivity index (χ2n) is 9.51. The van der Waals surface area contributed by atoms with E-state index in [-0.39, 0.29) is 31.1 Å². The summed E-state index contributed by atoms with van der Waals surface area (Å²) in [6, 6.07) is 8.50. The number of aryl methyl sites for hydroxylation is 1. The Morgan fingerprint density at radius 1 is 1.12 bits per heavy atom. The van der Waals surface area contributed by atoms with Gasteiger partial charge in [0.1, 0.15) is 12.6 Å². The summed E-state index contributed by atoms with van der Waals surface area (Å²) < 4.78 is 5.24. The van der Waals surface area contributed by atoms with Gasteiger partial charge in [-0.2, -0.15) is 0 Å². The molecule has 1 amide bonds. The molecule has 2 fully saturated rings. The lowest BCUT2D eigenvalue weighted by atomic mass is 9.82. The number of fused-ring (bicyclic) bond motifs is 1. The van der Waals surface area contributed by atoms with Gasteiger partial charge >= 0.3 is 11.9 Å². The molecule has 2 aliphatic carbocycles. The number of hydrogen-bond donors (Lipinski definition) is 2. The Bertz CT molecular complexity index is 785. The Kier molecular flexibility index (Phi) is 9.30. The highest BCUT2D eigenvalue weighted by atomic mass is 16.5. The van der Waals surface area contributed by atoms with Crippen LogP contribution in [0.15, 0.2) is 30.3 Å². The molecule has 0 saturated heterocycles. The average molecular weight is 459 g/mol. The fourth-order valence-corrected chi connectivity index (χ4v) is 5.58. The number of carboxylic acid groups (broad SMARTS) is 1. The quantitative estimate of drug-likeness (QED) is 0.494. The predicted octanol–water partition coefficient (Wildman–Crippen LogP) is 3.41. The number of carboxylic acids is 1. The third-order valence-electron chi connectivity index (χ3n) is 7.20. The molecule has 1 aromatic carbocycles. The van der Waals surface area contributed by atoms with Crippen molar-refractivity contribution < 1.29 is 24.2 Å². The second kappa shape index (κ2) is 12.2. The zero-order chi connectivity index (χ0) is 23.8. The van der Waals surface area contributed by atoms with Gasteiger partial charge in [0.15, 0.2) is 0 Å². The largest absolute Gasteiger partial charge is 0.480 e. The van der Waals surface area contributed by atoms with Crippen LogP contribution < -0.4 is 5.32 Å². The fraction of sp³-hybridized carbons (Fsp3) is 0.654. The number of nitrogens with one attached hydrogen (secondary N) is 1. The van der Waals surface area contributed by atoms with Crippen LogP contribution in [-0.4, -0.2) is 59.1 Å². The number of amides is 1. The van der Waals surface area contributed by atoms with E-state index in [0.29, 0.717) is 24.7 Å². The molecular weight excluding hydrogens is 420 g/mol. The first-order chi connectivity index (χ1) is 15.9. The Labute approximate surface area is 196 Å². The van der Waals surface area contributed by atoms with E-state index in [1.165, 1.54) is 30.6 Å². The van der Waals surface area contributed by atoms with Crippen molar-refractivity contribution >= 4 is 17.8 Å². The summed E-state index contributed by atoms with van der Waals surface area (Å²) in [6.07, 6.45) is 7.72. The van der Waals surface area contributed by atoms with Crippen molar-refractivity contribution in [3.63, 3.8) is 0 Å². The van der Waals surface area contributed by atoms with E-state index in [9.17, 15) is 19.5 Å². The molecule has 2 unspecified atom stereocenters. The number of benzene rings is 1. The van der Waals surface area contributed by atoms with Gasteiger partial charge in [-0.15, -0.1) is 0 Å². The van der Waals surface area contributed by atoms with Gasteiger partial charge in [-0.05, 0) is 56.9 Å². The number of rotatable bonds is 11. The lowest BCUT2D eigenvalue weighted by molar-refractivity contribution is -0.149. The van der Waals surface area contributed by atoms with Crippen LogP contribution in [0, 0.1) is 11.8 Å². The SMILES string of the molecule is CCOC(=O)C(CCc1ccccc1)N[C@@H](C)C(=O)N(CC(=O)O)C1C[C@H]2CCCC[C@H]2C1. The number of hydrogen-bond acceptors (Lipinski definition) is 5. The van der Waals surface area contributed by atoms with Gasteiger partial charge in [-0.1, -0.05) is 56.0 Å². The van der Waals surface area contributed by atoms with Crippen molar-refractivity contribution in [2.24, 2.45) is 11.8 Å². The van der Waals surface area contributed by atoms with Gasteiger partial charge in [0.05, 0.1) is 12.6 Å². The van der Waals surface area contributed by atoms with Crippen molar-refractivity contribution in [2.45, 2.75) is 83.3 Å². The first kappa shape index (κ1) is 25.2. The summed E-state index contributed by atoms with van der Waals surface area (Å²) in [5.74, 6) is -0.459. The van der Waals surface area contributed by atoms with E-state index >= 15 is 0 Å². The van der Waals surface area contributed by atoms with Crippen LogP contribution in [-0.2, 0) is 25.5 Å². The molecule has 0 spiro atoms. The van der Waals surface area contributed by atoms with E-state index < -0.39 is 18.1 Å². The number of nitrogens with zero attached hydrogens (tertiary/aromatic N) is 1. The Morgan fingerprint density at radius 2 is 1.76 bits per heavy atom. The van der Waals surface area contributed by atoms with E-state index in [2.05, 4.69) is 5.32 Å². The number of esters is 1. The van der Waals surface area contributed by atoms with Crippen LogP contribution >= 0.6 is 0 Å². The maximum Gasteiger partial charge on any atom is 0.323 e. The molecule has 33 heavy (non-hydrogen) atoms. The molecule has 0 aliphatic heterocycles. The Hall–Kier alpha value is -2.41. The zero-order valence-electron chi connectivity index (χ0n) is 19.9. The van der Waals surface area contributed by atoms with Crippen LogP contribution in [0.3, 0.4) is 0 Å². The highest BCUT2D eigenvalue weighted by Gasteiger charge is 2.41. The van der Waals surface area contributed by atoms with Crippen LogP contribution in [0.4, 0.5) is 0 Å². The summed E-state index contributed by atoms with van der Waals surface area (Å²) in [6.45, 7) is 3.44. The van der Waals surface area contributed by atoms with Crippen LogP contribution in [0.25, 0.3) is 0 Å². The van der Waals surface area contributed by atoms with E-state index in [0.717, 1.165) is 18.4 Å². The monoisotopic (exact) mass is 458 g/mol. The molecule has 3 rings (SSSR count). The summed E-state index contributed by atoms with van der Waals surface area (Å²) in [5.41, 5.74) is 1.11. The van der Waals surface area contributed by atoms with Gasteiger partial charge < -0.3 is 14.7 Å². The summed E-state index contributed by atoms with van der Waals surface area (Å²) in [7, 11) is 0. The normalized spacial score (nSPS) is 23.9. The number of ether oxygens (including phenoxy) is 1. The summed E-state index contributed by atoms with van der Waals surface area (Å²) in [4.78, 5) is 39.1. The molecule has 5 atom stereocenters. The number of carbonyl (C=O) groups excluding carboxylic acids is 2. The van der Waals surface area contributed by atoms with Crippen molar-refractivity contribution in [1.82, 2.24) is 10.2 Å². The topological polar surface area (TPSA) is 95.9 Å².